The largest absolute Gasteiger partial charge is 0.839 e. The second-order valence-corrected chi connectivity index (χ2v) is 7.60. The maximum atomic E-state index is 12.7. The van der Waals surface area contributed by atoms with E-state index in [0.29, 0.717) is 29.1 Å². The molecule has 1 fully saturated rings. The fourth-order valence-corrected chi connectivity index (χ4v) is 3.67. The number of pyridine rings is 1. The van der Waals surface area contributed by atoms with E-state index in [0.717, 1.165) is 17.7 Å². The smallest absolute Gasteiger partial charge is 0.294 e. The quantitative estimate of drug-likeness (QED) is 0.700. The summed E-state index contributed by atoms with van der Waals surface area (Å²) in [6.45, 7) is 1.00. The number of nitrogens with one attached hydrogen (secondary N) is 1. The van der Waals surface area contributed by atoms with Gasteiger partial charge >= 0.3 is 0 Å². The van der Waals surface area contributed by atoms with E-state index in [1.807, 2.05) is 12.1 Å². The second kappa shape index (κ2) is 6.07. The lowest BCUT2D eigenvalue weighted by molar-refractivity contribution is -0.582. The van der Waals surface area contributed by atoms with Gasteiger partial charge in [0, 0.05) is 18.8 Å². The fraction of sp³-hybridized carbons (Fsp3) is 0.312. The van der Waals surface area contributed by atoms with Crippen molar-refractivity contribution < 1.29 is 14.3 Å². The number of carbonyl (C=O) groups is 1. The van der Waals surface area contributed by atoms with Gasteiger partial charge < -0.3 is 10.4 Å². The van der Waals surface area contributed by atoms with Crippen LogP contribution in [0, 0.1) is 5.92 Å². The molecule has 8 heteroatoms. The molecule has 1 amide bonds. The highest BCUT2D eigenvalue weighted by Gasteiger charge is 2.28. The molecule has 1 aliphatic carbocycles. The molecule has 0 saturated heterocycles. The summed E-state index contributed by atoms with van der Waals surface area (Å²) in [4.78, 5) is 17.5. The lowest BCUT2D eigenvalue weighted by atomic mass is 10.3. The average molecular weight is 363 g/mol. The van der Waals surface area contributed by atoms with Gasteiger partial charge in [-0.2, -0.15) is 0 Å². The normalized spacial score (nSPS) is 14.2. The highest BCUT2D eigenvalue weighted by Crippen LogP contribution is 2.28. The first kappa shape index (κ1) is 15.4. The molecular formula is C16H15ClN4O2S. The summed E-state index contributed by atoms with van der Waals surface area (Å²) in [6.07, 6.45) is 5.62. The summed E-state index contributed by atoms with van der Waals surface area (Å²) in [7, 11) is 0. The van der Waals surface area contributed by atoms with Crippen molar-refractivity contribution in [2.75, 3.05) is 6.54 Å². The van der Waals surface area contributed by atoms with E-state index >= 15 is 0 Å². The Kier molecular flexibility index (Phi) is 3.90. The van der Waals surface area contributed by atoms with Crippen LogP contribution in [0.2, 0.25) is 4.47 Å². The molecule has 0 radical (unpaired) electrons. The van der Waals surface area contributed by atoms with Crippen LogP contribution in [0.15, 0.2) is 30.6 Å². The Bertz CT molecular complexity index is 916. The number of carbonyl (C=O) groups excluding carboxylic acids is 1. The molecular weight excluding hydrogens is 348 g/mol. The van der Waals surface area contributed by atoms with Crippen molar-refractivity contribution in [1.29, 1.82) is 0 Å². The zero-order valence-electron chi connectivity index (χ0n) is 12.7. The number of hydrogen-bond acceptors (Lipinski definition) is 4. The highest BCUT2D eigenvalue weighted by molar-refractivity contribution is 7.15. The third-order valence-electron chi connectivity index (χ3n) is 4.11. The first-order valence-corrected chi connectivity index (χ1v) is 8.91. The Morgan fingerprint density at radius 3 is 3.04 bits per heavy atom. The average Bonchev–Trinajstić information content (AvgIpc) is 3.26. The highest BCUT2D eigenvalue weighted by atomic mass is 35.5. The van der Waals surface area contributed by atoms with Crippen molar-refractivity contribution in [3.8, 4) is 5.88 Å². The van der Waals surface area contributed by atoms with Gasteiger partial charge in [0.25, 0.3) is 11.6 Å². The van der Waals surface area contributed by atoms with Crippen LogP contribution in [0.25, 0.3) is 5.65 Å². The van der Waals surface area contributed by atoms with Crippen LogP contribution in [-0.2, 0) is 6.54 Å². The Morgan fingerprint density at radius 2 is 2.33 bits per heavy atom. The minimum atomic E-state index is -0.328. The van der Waals surface area contributed by atoms with Gasteiger partial charge in [0.05, 0.1) is 11.1 Å². The second-order valence-electron chi connectivity index (χ2n) is 5.90. The number of halogens is 1. The van der Waals surface area contributed by atoms with Gasteiger partial charge in [-0.25, -0.2) is 14.0 Å². The molecule has 124 valence electrons. The topological polar surface area (TPSA) is 74.1 Å². The standard InChI is InChI=1S/C16H15ClN4O2S/c17-16-19-8-11(24-16)9-21-12-3-1-2-6-20(12)15(23)13(21)14(22)18-7-10-4-5-10/h1-3,6,8,10H,4-5,7,9H2,(H-,18,22,23). The first-order chi connectivity index (χ1) is 11.6. The lowest BCUT2D eigenvalue weighted by Crippen LogP contribution is -2.30. The molecule has 3 heterocycles. The van der Waals surface area contributed by atoms with Gasteiger partial charge in [-0.05, 0) is 24.8 Å². The predicted octanol–water partition coefficient (Wildman–Crippen LogP) is 1.60. The SMILES string of the molecule is O=C(NCC1CC1)c1c([O-])[n+]2ccccc2n1Cc1cnc(Cl)s1. The van der Waals surface area contributed by atoms with Crippen LogP contribution in [0.3, 0.4) is 0 Å². The van der Waals surface area contributed by atoms with Crippen molar-refractivity contribution in [1.82, 2.24) is 14.9 Å². The van der Waals surface area contributed by atoms with Gasteiger partial charge in [0.15, 0.2) is 4.47 Å². The number of fused-ring (bicyclic) bond motifs is 1. The number of hydrogen-bond donors (Lipinski definition) is 1. The molecule has 0 bridgehead atoms. The van der Waals surface area contributed by atoms with E-state index < -0.39 is 0 Å². The van der Waals surface area contributed by atoms with Crippen LogP contribution in [0.4, 0.5) is 0 Å². The minimum absolute atomic E-state index is 0.145. The van der Waals surface area contributed by atoms with Gasteiger partial charge in [-0.15, -0.1) is 11.3 Å². The summed E-state index contributed by atoms with van der Waals surface area (Å²) in [5.41, 5.74) is 0.815. The fourth-order valence-electron chi connectivity index (χ4n) is 2.70. The summed E-state index contributed by atoms with van der Waals surface area (Å²) in [5, 5.41) is 15.6. The van der Waals surface area contributed by atoms with Crippen molar-refractivity contribution in [2.24, 2.45) is 5.92 Å². The van der Waals surface area contributed by atoms with E-state index in [1.54, 1.807) is 23.0 Å². The summed E-state index contributed by atoms with van der Waals surface area (Å²) < 4.78 is 3.67. The lowest BCUT2D eigenvalue weighted by Gasteiger charge is -2.06. The maximum Gasteiger partial charge on any atom is 0.294 e. The number of aromatic nitrogens is 3. The van der Waals surface area contributed by atoms with Gasteiger partial charge in [-0.1, -0.05) is 17.7 Å². The molecule has 4 rings (SSSR count). The molecule has 0 unspecified atom stereocenters. The Labute approximate surface area is 147 Å². The van der Waals surface area contributed by atoms with E-state index in [4.69, 9.17) is 11.6 Å². The number of thiazole rings is 1. The Morgan fingerprint density at radius 1 is 1.50 bits per heavy atom. The van der Waals surface area contributed by atoms with Crippen molar-refractivity contribution in [2.45, 2.75) is 19.4 Å². The molecule has 0 aliphatic heterocycles. The van der Waals surface area contributed by atoms with E-state index in [2.05, 4.69) is 10.3 Å². The molecule has 3 aromatic rings. The predicted molar refractivity (Wildman–Crippen MR) is 88.3 cm³/mol. The monoisotopic (exact) mass is 362 g/mol. The number of rotatable bonds is 5. The zero-order valence-corrected chi connectivity index (χ0v) is 14.3. The molecule has 1 saturated carbocycles. The third kappa shape index (κ3) is 2.85. The molecule has 1 N–H and O–H groups in total. The molecule has 0 atom stereocenters. The number of nitrogens with zero attached hydrogens (tertiary/aromatic N) is 3. The van der Waals surface area contributed by atoms with Gasteiger partial charge in [0.2, 0.25) is 5.69 Å². The summed E-state index contributed by atoms with van der Waals surface area (Å²) >= 11 is 7.24. The Balaban J connectivity index is 1.76. The third-order valence-corrected chi connectivity index (χ3v) is 5.21. The molecule has 0 aromatic carbocycles. The van der Waals surface area contributed by atoms with Crippen LogP contribution in [0.5, 0.6) is 5.88 Å². The summed E-state index contributed by atoms with van der Waals surface area (Å²) in [5.74, 6) is -0.0874. The molecule has 3 aromatic heterocycles. The molecule has 24 heavy (non-hydrogen) atoms. The van der Waals surface area contributed by atoms with Gasteiger partial charge in [-0.3, -0.25) is 4.79 Å². The Hall–Kier alpha value is -2.12. The van der Waals surface area contributed by atoms with Crippen LogP contribution >= 0.6 is 22.9 Å². The first-order valence-electron chi connectivity index (χ1n) is 7.72. The molecule has 6 nitrogen and oxygen atoms in total. The van der Waals surface area contributed by atoms with Crippen molar-refractivity contribution in [3.05, 3.63) is 45.6 Å². The number of imidazole rings is 1. The van der Waals surface area contributed by atoms with E-state index in [-0.39, 0.29) is 17.5 Å². The van der Waals surface area contributed by atoms with Crippen LogP contribution in [-0.4, -0.2) is 22.0 Å². The van der Waals surface area contributed by atoms with Crippen molar-refractivity contribution in [3.63, 3.8) is 0 Å². The molecule has 1 aliphatic rings. The van der Waals surface area contributed by atoms with Gasteiger partial charge in [0.1, 0.15) is 12.4 Å². The maximum absolute atomic E-state index is 12.7. The van der Waals surface area contributed by atoms with Crippen LogP contribution in [0.1, 0.15) is 28.2 Å². The van der Waals surface area contributed by atoms with E-state index in [9.17, 15) is 9.90 Å². The zero-order chi connectivity index (χ0) is 16.7. The van der Waals surface area contributed by atoms with Crippen molar-refractivity contribution >= 4 is 34.5 Å². The molecule has 0 spiro atoms. The van der Waals surface area contributed by atoms with E-state index in [1.165, 1.54) is 15.7 Å². The summed E-state index contributed by atoms with van der Waals surface area (Å²) in [6, 6.07) is 5.44. The number of amides is 1. The van der Waals surface area contributed by atoms with Crippen LogP contribution < -0.4 is 14.8 Å². The minimum Gasteiger partial charge on any atom is -0.839 e.